The molecule has 0 spiro atoms. The number of nitrogens with zero attached hydrogens (tertiary/aromatic N) is 1. The van der Waals surface area contributed by atoms with Crippen LogP contribution in [0, 0.1) is 11.8 Å². The Hall–Kier alpha value is -1.26. The molecule has 1 heterocycles. The third-order valence-corrected chi connectivity index (χ3v) is 3.97. The number of hydrogen-bond acceptors (Lipinski definition) is 2. The fraction of sp³-hybridized carbons (Fsp3) is 0.846. The van der Waals surface area contributed by atoms with Crippen LogP contribution < -0.4 is 5.32 Å². The Morgan fingerprint density at radius 3 is 2.67 bits per heavy atom. The lowest BCUT2D eigenvalue weighted by Crippen LogP contribution is -2.55. The van der Waals surface area contributed by atoms with Crippen molar-refractivity contribution in [2.24, 2.45) is 11.8 Å². The first kappa shape index (κ1) is 13.2. The van der Waals surface area contributed by atoms with Crippen LogP contribution in [0.25, 0.3) is 0 Å². The molecule has 2 N–H and O–H groups in total. The minimum Gasteiger partial charge on any atom is -0.480 e. The van der Waals surface area contributed by atoms with Gasteiger partial charge in [-0.25, -0.2) is 9.59 Å². The number of carbonyl (C=O) groups is 2. The summed E-state index contributed by atoms with van der Waals surface area (Å²) in [5, 5.41) is 12.1. The first-order chi connectivity index (χ1) is 8.59. The standard InChI is InChI=1S/C13H22N2O3/c1-9-3-2-8-15(11(9)12(16)17)13(18)14-7-6-10-4-5-10/h9-11H,2-8H2,1H3,(H,14,18)(H,16,17). The fourth-order valence-corrected chi connectivity index (χ4v) is 2.68. The van der Waals surface area contributed by atoms with Crippen molar-refractivity contribution in [3.8, 4) is 0 Å². The first-order valence-electron chi connectivity index (χ1n) is 6.87. The number of urea groups is 1. The Balaban J connectivity index is 1.86. The minimum absolute atomic E-state index is 0.0328. The first-order valence-corrected chi connectivity index (χ1v) is 6.87. The maximum absolute atomic E-state index is 12.0. The number of hydrogen-bond donors (Lipinski definition) is 2. The molecule has 18 heavy (non-hydrogen) atoms. The van der Waals surface area contributed by atoms with Crippen molar-refractivity contribution in [2.75, 3.05) is 13.1 Å². The quantitative estimate of drug-likeness (QED) is 0.802. The van der Waals surface area contributed by atoms with E-state index in [9.17, 15) is 14.7 Å². The van der Waals surface area contributed by atoms with Gasteiger partial charge in [0.15, 0.2) is 0 Å². The molecule has 1 aliphatic carbocycles. The van der Waals surface area contributed by atoms with Gasteiger partial charge in [-0.1, -0.05) is 19.8 Å². The normalized spacial score (nSPS) is 27.9. The number of piperidine rings is 1. The number of amides is 2. The van der Waals surface area contributed by atoms with Gasteiger partial charge in [-0.2, -0.15) is 0 Å². The maximum atomic E-state index is 12.0. The molecule has 1 aliphatic heterocycles. The SMILES string of the molecule is CC1CCCN(C(=O)NCCC2CC2)C1C(=O)O. The van der Waals surface area contributed by atoms with E-state index in [1.54, 1.807) is 0 Å². The molecule has 5 heteroatoms. The second kappa shape index (κ2) is 5.59. The van der Waals surface area contributed by atoms with Crippen molar-refractivity contribution in [3.05, 3.63) is 0 Å². The molecule has 2 rings (SSSR count). The van der Waals surface area contributed by atoms with Crippen LogP contribution in [-0.2, 0) is 4.79 Å². The van der Waals surface area contributed by atoms with Crippen molar-refractivity contribution >= 4 is 12.0 Å². The fourth-order valence-electron chi connectivity index (χ4n) is 2.68. The van der Waals surface area contributed by atoms with Crippen LogP contribution in [0.3, 0.4) is 0 Å². The maximum Gasteiger partial charge on any atom is 0.326 e. The van der Waals surface area contributed by atoms with Crippen LogP contribution in [0.15, 0.2) is 0 Å². The van der Waals surface area contributed by atoms with Crippen molar-refractivity contribution in [1.29, 1.82) is 0 Å². The predicted molar refractivity (Wildman–Crippen MR) is 67.3 cm³/mol. The second-order valence-corrected chi connectivity index (χ2v) is 5.56. The van der Waals surface area contributed by atoms with Crippen LogP contribution in [0.1, 0.15) is 39.0 Å². The molecule has 2 aliphatic rings. The predicted octanol–water partition coefficient (Wildman–Crippen LogP) is 1.68. The highest BCUT2D eigenvalue weighted by Gasteiger charge is 2.37. The molecule has 0 aromatic heterocycles. The van der Waals surface area contributed by atoms with Crippen molar-refractivity contribution in [3.63, 3.8) is 0 Å². The summed E-state index contributed by atoms with van der Waals surface area (Å²) in [7, 11) is 0. The zero-order valence-corrected chi connectivity index (χ0v) is 10.9. The highest BCUT2D eigenvalue weighted by atomic mass is 16.4. The molecule has 0 bridgehead atoms. The minimum atomic E-state index is -0.889. The lowest BCUT2D eigenvalue weighted by molar-refractivity contribution is -0.145. The number of rotatable bonds is 4. The van der Waals surface area contributed by atoms with E-state index < -0.39 is 12.0 Å². The third kappa shape index (κ3) is 3.15. The summed E-state index contributed by atoms with van der Waals surface area (Å²) >= 11 is 0. The molecule has 5 nitrogen and oxygen atoms in total. The van der Waals surface area contributed by atoms with Crippen LogP contribution in [0.4, 0.5) is 4.79 Å². The molecule has 0 radical (unpaired) electrons. The highest BCUT2D eigenvalue weighted by molar-refractivity contribution is 5.83. The summed E-state index contributed by atoms with van der Waals surface area (Å²) < 4.78 is 0. The highest BCUT2D eigenvalue weighted by Crippen LogP contribution is 2.31. The molecule has 1 saturated heterocycles. The number of carbonyl (C=O) groups excluding carboxylic acids is 1. The van der Waals surface area contributed by atoms with Crippen LogP contribution >= 0.6 is 0 Å². The Labute approximate surface area is 108 Å². The van der Waals surface area contributed by atoms with E-state index in [0.29, 0.717) is 13.1 Å². The zero-order chi connectivity index (χ0) is 13.1. The summed E-state index contributed by atoms with van der Waals surface area (Å²) in [6.45, 7) is 3.12. The summed E-state index contributed by atoms with van der Waals surface area (Å²) in [5.74, 6) is -0.0779. The number of carboxylic acids is 1. The molecule has 102 valence electrons. The van der Waals surface area contributed by atoms with Crippen LogP contribution in [0.5, 0.6) is 0 Å². The number of carboxylic acid groups (broad SMARTS) is 1. The Bertz CT molecular complexity index is 328. The molecule has 0 aromatic carbocycles. The lowest BCUT2D eigenvalue weighted by atomic mass is 9.91. The van der Waals surface area contributed by atoms with E-state index in [4.69, 9.17) is 0 Å². The van der Waals surface area contributed by atoms with E-state index in [-0.39, 0.29) is 11.9 Å². The van der Waals surface area contributed by atoms with Gasteiger partial charge in [0.25, 0.3) is 0 Å². The van der Waals surface area contributed by atoms with Gasteiger partial charge in [0, 0.05) is 13.1 Å². The van der Waals surface area contributed by atoms with E-state index in [0.717, 1.165) is 25.2 Å². The second-order valence-electron chi connectivity index (χ2n) is 5.56. The van der Waals surface area contributed by atoms with E-state index >= 15 is 0 Å². The van der Waals surface area contributed by atoms with E-state index in [1.807, 2.05) is 6.92 Å². The monoisotopic (exact) mass is 254 g/mol. The summed E-state index contributed by atoms with van der Waals surface area (Å²) in [6, 6.07) is -0.880. The van der Waals surface area contributed by atoms with Gasteiger partial charge in [0.1, 0.15) is 6.04 Å². The topological polar surface area (TPSA) is 69.6 Å². The lowest BCUT2D eigenvalue weighted by Gasteiger charge is -2.37. The smallest absolute Gasteiger partial charge is 0.326 e. The van der Waals surface area contributed by atoms with Gasteiger partial charge in [0.2, 0.25) is 0 Å². The van der Waals surface area contributed by atoms with Crippen molar-refractivity contribution in [2.45, 2.75) is 45.1 Å². The number of likely N-dealkylation sites (tertiary alicyclic amines) is 1. The summed E-state index contributed by atoms with van der Waals surface area (Å²) in [4.78, 5) is 24.8. The summed E-state index contributed by atoms with van der Waals surface area (Å²) in [6.07, 6.45) is 5.33. The van der Waals surface area contributed by atoms with Gasteiger partial charge in [-0.15, -0.1) is 0 Å². The molecule has 2 amide bonds. The molecule has 1 saturated carbocycles. The molecular weight excluding hydrogens is 232 g/mol. The third-order valence-electron chi connectivity index (χ3n) is 3.97. The van der Waals surface area contributed by atoms with E-state index in [2.05, 4.69) is 5.32 Å². The van der Waals surface area contributed by atoms with Gasteiger partial charge in [0.05, 0.1) is 0 Å². The molecule has 2 unspecified atom stereocenters. The van der Waals surface area contributed by atoms with Crippen molar-refractivity contribution < 1.29 is 14.7 Å². The van der Waals surface area contributed by atoms with E-state index in [1.165, 1.54) is 17.7 Å². The van der Waals surface area contributed by atoms with Crippen LogP contribution in [0.2, 0.25) is 0 Å². The van der Waals surface area contributed by atoms with Crippen molar-refractivity contribution in [1.82, 2.24) is 10.2 Å². The average Bonchev–Trinajstić information content (AvgIpc) is 3.12. The molecular formula is C13H22N2O3. The van der Waals surface area contributed by atoms with Gasteiger partial charge in [-0.05, 0) is 31.1 Å². The van der Waals surface area contributed by atoms with Gasteiger partial charge < -0.3 is 15.3 Å². The van der Waals surface area contributed by atoms with Crippen LogP contribution in [-0.4, -0.2) is 41.1 Å². The number of aliphatic carboxylic acids is 1. The average molecular weight is 254 g/mol. The zero-order valence-electron chi connectivity index (χ0n) is 10.9. The van der Waals surface area contributed by atoms with Gasteiger partial charge >= 0.3 is 12.0 Å². The summed E-state index contributed by atoms with van der Waals surface area (Å²) in [5.41, 5.74) is 0. The molecule has 0 aromatic rings. The Morgan fingerprint density at radius 1 is 1.33 bits per heavy atom. The largest absolute Gasteiger partial charge is 0.480 e. The Morgan fingerprint density at radius 2 is 2.06 bits per heavy atom. The molecule has 2 atom stereocenters. The Kier molecular flexibility index (Phi) is 4.09. The van der Waals surface area contributed by atoms with Gasteiger partial charge in [-0.3, -0.25) is 0 Å². The number of nitrogens with one attached hydrogen (secondary N) is 1. The molecule has 2 fully saturated rings.